The first kappa shape index (κ1) is 19.1. The van der Waals surface area contributed by atoms with Crippen LogP contribution in [0.2, 0.25) is 0 Å². The number of rotatable bonds is 7. The molecule has 0 saturated heterocycles. The Morgan fingerprint density at radius 2 is 1.77 bits per heavy atom. The summed E-state index contributed by atoms with van der Waals surface area (Å²) in [6.45, 7) is 0.472. The second-order valence-corrected chi connectivity index (χ2v) is 5.78. The van der Waals surface area contributed by atoms with Gasteiger partial charge in [0.1, 0.15) is 5.82 Å². The molecule has 0 fully saturated rings. The largest absolute Gasteiger partial charge is 0.326 e. The van der Waals surface area contributed by atoms with Crippen molar-refractivity contribution in [1.29, 1.82) is 5.26 Å². The summed E-state index contributed by atoms with van der Waals surface area (Å²) in [7, 11) is 1.72. The van der Waals surface area contributed by atoms with Crippen LogP contribution in [-0.2, 0) is 9.59 Å². The summed E-state index contributed by atoms with van der Waals surface area (Å²) in [5.74, 6) is -0.895. The summed E-state index contributed by atoms with van der Waals surface area (Å²) in [5, 5.41) is 14.1. The number of nitrogens with zero attached hydrogens (tertiary/aromatic N) is 2. The average Bonchev–Trinajstić information content (AvgIpc) is 2.60. The lowest BCUT2D eigenvalue weighted by molar-refractivity contribution is -0.119. The lowest BCUT2D eigenvalue weighted by Crippen LogP contribution is -2.32. The molecule has 0 heterocycles. The predicted molar refractivity (Wildman–Crippen MR) is 96.9 cm³/mol. The highest BCUT2D eigenvalue weighted by Crippen LogP contribution is 2.10. The molecule has 7 heteroatoms. The van der Waals surface area contributed by atoms with E-state index >= 15 is 0 Å². The minimum absolute atomic E-state index is 0.0840. The van der Waals surface area contributed by atoms with E-state index in [0.29, 0.717) is 23.5 Å². The monoisotopic (exact) mass is 354 g/mol. The maximum absolute atomic E-state index is 13.1. The van der Waals surface area contributed by atoms with Crippen LogP contribution in [-0.4, -0.2) is 36.9 Å². The van der Waals surface area contributed by atoms with Gasteiger partial charge < -0.3 is 10.6 Å². The normalized spacial score (nSPS) is 10.2. The third-order valence-corrected chi connectivity index (χ3v) is 3.54. The number of hydrogen-bond acceptors (Lipinski definition) is 4. The highest BCUT2D eigenvalue weighted by atomic mass is 19.1. The Balaban J connectivity index is 1.73. The zero-order valence-electron chi connectivity index (χ0n) is 14.3. The molecule has 2 N–H and O–H groups in total. The Bertz CT molecular complexity index is 815. The molecule has 134 valence electrons. The number of likely N-dealkylation sites (N-methyl/N-ethyl adjacent to an activating group) is 1. The number of halogens is 1. The molecule has 0 aliphatic heterocycles. The van der Waals surface area contributed by atoms with Crippen LogP contribution in [0.15, 0.2) is 48.5 Å². The predicted octanol–water partition coefficient (Wildman–Crippen LogP) is 2.60. The van der Waals surface area contributed by atoms with E-state index in [-0.39, 0.29) is 24.8 Å². The zero-order chi connectivity index (χ0) is 18.9. The zero-order valence-corrected chi connectivity index (χ0v) is 14.3. The number of benzene rings is 2. The van der Waals surface area contributed by atoms with Crippen LogP contribution in [0.4, 0.5) is 15.8 Å². The van der Waals surface area contributed by atoms with Crippen LogP contribution in [0.3, 0.4) is 0 Å². The number of carbonyl (C=O) groups excluding carboxylic acids is 2. The summed E-state index contributed by atoms with van der Waals surface area (Å²) < 4.78 is 13.1. The lowest BCUT2D eigenvalue weighted by Gasteiger charge is -2.16. The molecule has 2 amide bonds. The van der Waals surface area contributed by atoms with Gasteiger partial charge in [-0.2, -0.15) is 5.26 Å². The van der Waals surface area contributed by atoms with Crippen LogP contribution in [0.1, 0.15) is 12.0 Å². The third-order valence-electron chi connectivity index (χ3n) is 3.54. The van der Waals surface area contributed by atoms with Crippen LogP contribution < -0.4 is 10.6 Å². The van der Waals surface area contributed by atoms with Crippen molar-refractivity contribution in [2.45, 2.75) is 6.42 Å². The van der Waals surface area contributed by atoms with Crippen LogP contribution >= 0.6 is 0 Å². The molecule has 26 heavy (non-hydrogen) atoms. The fourth-order valence-electron chi connectivity index (χ4n) is 2.23. The molecule has 0 radical (unpaired) electrons. The van der Waals surface area contributed by atoms with E-state index < -0.39 is 5.82 Å². The third kappa shape index (κ3) is 6.34. The molecule has 0 spiro atoms. The van der Waals surface area contributed by atoms with Gasteiger partial charge in [0.05, 0.1) is 18.2 Å². The molecule has 0 aliphatic rings. The van der Waals surface area contributed by atoms with Crippen molar-refractivity contribution >= 4 is 23.2 Å². The minimum atomic E-state index is -0.421. The molecule has 2 aromatic rings. The number of nitriles is 1. The highest BCUT2D eigenvalue weighted by Gasteiger charge is 2.10. The van der Waals surface area contributed by atoms with Crippen molar-refractivity contribution < 1.29 is 14.0 Å². The molecule has 0 unspecified atom stereocenters. The molecule has 0 aromatic heterocycles. The maximum Gasteiger partial charge on any atom is 0.238 e. The van der Waals surface area contributed by atoms with Crippen LogP contribution in [0.25, 0.3) is 0 Å². The van der Waals surface area contributed by atoms with Gasteiger partial charge in [0, 0.05) is 24.3 Å². The van der Waals surface area contributed by atoms with Crippen molar-refractivity contribution in [2.75, 3.05) is 30.8 Å². The molecule has 2 rings (SSSR count). The summed E-state index contributed by atoms with van der Waals surface area (Å²) >= 11 is 0. The Morgan fingerprint density at radius 3 is 2.42 bits per heavy atom. The van der Waals surface area contributed by atoms with E-state index in [2.05, 4.69) is 10.6 Å². The van der Waals surface area contributed by atoms with Gasteiger partial charge in [-0.3, -0.25) is 14.5 Å². The Kier molecular flexibility index (Phi) is 6.83. The smallest absolute Gasteiger partial charge is 0.238 e. The molecular weight excluding hydrogens is 335 g/mol. The van der Waals surface area contributed by atoms with Crippen LogP contribution in [0, 0.1) is 17.1 Å². The first-order chi connectivity index (χ1) is 12.5. The lowest BCUT2D eigenvalue weighted by atomic mass is 10.2. The number of hydrogen-bond donors (Lipinski definition) is 2. The number of carbonyl (C=O) groups is 2. The Morgan fingerprint density at radius 1 is 1.08 bits per heavy atom. The van der Waals surface area contributed by atoms with Gasteiger partial charge in [0.25, 0.3) is 0 Å². The van der Waals surface area contributed by atoms with Gasteiger partial charge in [-0.05, 0) is 49.5 Å². The van der Waals surface area contributed by atoms with E-state index in [1.54, 1.807) is 42.3 Å². The summed E-state index contributed by atoms with van der Waals surface area (Å²) in [6, 6.07) is 14.2. The second-order valence-electron chi connectivity index (χ2n) is 5.78. The van der Waals surface area contributed by atoms with Gasteiger partial charge in [-0.15, -0.1) is 0 Å². The maximum atomic E-state index is 13.1. The molecule has 0 saturated carbocycles. The van der Waals surface area contributed by atoms with Crippen molar-refractivity contribution in [3.63, 3.8) is 0 Å². The first-order valence-electron chi connectivity index (χ1n) is 8.00. The van der Waals surface area contributed by atoms with E-state index in [1.807, 2.05) is 6.07 Å². The summed E-state index contributed by atoms with van der Waals surface area (Å²) in [6.07, 6.45) is 0.212. The fourth-order valence-corrected chi connectivity index (χ4v) is 2.23. The van der Waals surface area contributed by atoms with E-state index in [1.165, 1.54) is 18.2 Å². The number of anilines is 2. The van der Waals surface area contributed by atoms with Crippen molar-refractivity contribution in [1.82, 2.24) is 4.90 Å². The topological polar surface area (TPSA) is 85.2 Å². The van der Waals surface area contributed by atoms with Crippen molar-refractivity contribution in [2.24, 2.45) is 0 Å². The van der Waals surface area contributed by atoms with Crippen LogP contribution in [0.5, 0.6) is 0 Å². The van der Waals surface area contributed by atoms with Gasteiger partial charge >= 0.3 is 0 Å². The highest BCUT2D eigenvalue weighted by molar-refractivity contribution is 5.92. The quantitative estimate of drug-likeness (QED) is 0.800. The standard InChI is InChI=1S/C19H19FN4O2/c1-24(13-19(26)23-17-4-2-3-15(20)11-17)10-9-18(25)22-16-7-5-14(12-21)6-8-16/h2-8,11H,9-10,13H2,1H3,(H,22,25)(H,23,26). The van der Waals surface area contributed by atoms with Gasteiger partial charge in [-0.25, -0.2) is 4.39 Å². The SMILES string of the molecule is CN(CCC(=O)Nc1ccc(C#N)cc1)CC(=O)Nc1cccc(F)c1. The molecular formula is C19H19FN4O2. The number of amides is 2. The summed E-state index contributed by atoms with van der Waals surface area (Å²) in [4.78, 5) is 25.6. The minimum Gasteiger partial charge on any atom is -0.326 e. The second kappa shape index (κ2) is 9.30. The number of nitrogens with one attached hydrogen (secondary N) is 2. The molecule has 0 atom stereocenters. The first-order valence-corrected chi connectivity index (χ1v) is 8.00. The van der Waals surface area contributed by atoms with Crippen molar-refractivity contribution in [3.05, 3.63) is 59.9 Å². The van der Waals surface area contributed by atoms with Crippen molar-refractivity contribution in [3.8, 4) is 6.07 Å². The van der Waals surface area contributed by atoms with Gasteiger partial charge in [-0.1, -0.05) is 6.07 Å². The van der Waals surface area contributed by atoms with Gasteiger partial charge in [0.15, 0.2) is 0 Å². The van der Waals surface area contributed by atoms with E-state index in [4.69, 9.17) is 5.26 Å². The molecule has 6 nitrogen and oxygen atoms in total. The van der Waals surface area contributed by atoms with Gasteiger partial charge in [0.2, 0.25) is 11.8 Å². The summed E-state index contributed by atoms with van der Waals surface area (Å²) in [5.41, 5.74) is 1.52. The average molecular weight is 354 g/mol. The van der Waals surface area contributed by atoms with E-state index in [0.717, 1.165) is 0 Å². The fraction of sp³-hybridized carbons (Fsp3) is 0.211. The Labute approximate surface area is 151 Å². The Hall–Kier alpha value is -3.24. The van der Waals surface area contributed by atoms with E-state index in [9.17, 15) is 14.0 Å². The molecule has 2 aromatic carbocycles. The molecule has 0 aliphatic carbocycles. The molecule has 0 bridgehead atoms.